The molecule has 158 valence electrons. The van der Waals surface area contributed by atoms with E-state index in [-0.39, 0.29) is 11.8 Å². The largest absolute Gasteiger partial charge is 0.411 e. The predicted molar refractivity (Wildman–Crippen MR) is 123 cm³/mol. The first-order chi connectivity index (χ1) is 15.1. The Morgan fingerprint density at radius 3 is 2.55 bits per heavy atom. The van der Waals surface area contributed by atoms with E-state index in [1.165, 1.54) is 11.1 Å². The second-order valence-electron chi connectivity index (χ2n) is 8.09. The summed E-state index contributed by atoms with van der Waals surface area (Å²) in [5.41, 5.74) is 6.82. The van der Waals surface area contributed by atoms with Crippen molar-refractivity contribution in [3.05, 3.63) is 94.8 Å². The van der Waals surface area contributed by atoms with Crippen molar-refractivity contribution in [2.75, 3.05) is 11.4 Å². The maximum atomic E-state index is 12.1. The fourth-order valence-corrected chi connectivity index (χ4v) is 4.33. The van der Waals surface area contributed by atoms with Crippen LogP contribution in [0.5, 0.6) is 0 Å². The third kappa shape index (κ3) is 4.50. The van der Waals surface area contributed by atoms with Gasteiger partial charge in [-0.1, -0.05) is 41.6 Å². The van der Waals surface area contributed by atoms with Gasteiger partial charge < -0.3 is 10.1 Å². The Morgan fingerprint density at radius 1 is 1.13 bits per heavy atom. The van der Waals surface area contributed by atoms with Gasteiger partial charge in [0.2, 0.25) is 5.91 Å². The number of pyridine rings is 1. The minimum Gasteiger partial charge on any atom is -0.411 e. The molecule has 2 heterocycles. The predicted octanol–water partition coefficient (Wildman–Crippen LogP) is 5.23. The Hall–Kier alpha value is -3.47. The summed E-state index contributed by atoms with van der Waals surface area (Å²) < 4.78 is 0. The molecule has 2 aromatic carbocycles. The van der Waals surface area contributed by atoms with Crippen LogP contribution >= 0.6 is 0 Å². The summed E-state index contributed by atoms with van der Waals surface area (Å²) in [5.74, 6) is 0.204. The van der Waals surface area contributed by atoms with Gasteiger partial charge in [0.25, 0.3) is 0 Å². The molecular formula is C26H27N3O2. The van der Waals surface area contributed by atoms with Gasteiger partial charge in [0.05, 0.1) is 5.71 Å². The fourth-order valence-electron chi connectivity index (χ4n) is 4.33. The molecule has 1 aliphatic heterocycles. The lowest BCUT2D eigenvalue weighted by atomic mass is 9.83. The molecule has 5 nitrogen and oxygen atoms in total. The summed E-state index contributed by atoms with van der Waals surface area (Å²) in [6.45, 7) is 4.81. The summed E-state index contributed by atoms with van der Waals surface area (Å²) in [7, 11) is 0. The SMILES string of the molecule is Cc1cc(/C(CC(c2ccc(N3CCCC3=O)cc2)c2ccccc2C)=N\O)ccn1. The number of carbonyl (C=O) groups excluding carboxylic acids is 1. The molecule has 4 rings (SSSR count). The number of rotatable bonds is 6. The zero-order valence-corrected chi connectivity index (χ0v) is 18.0. The van der Waals surface area contributed by atoms with Crippen LogP contribution in [0, 0.1) is 13.8 Å². The maximum absolute atomic E-state index is 12.1. The highest BCUT2D eigenvalue weighted by atomic mass is 16.4. The number of hydrogen-bond acceptors (Lipinski definition) is 4. The minimum absolute atomic E-state index is 0.0175. The summed E-state index contributed by atoms with van der Waals surface area (Å²) in [4.78, 5) is 18.2. The quantitative estimate of drug-likeness (QED) is 0.342. The Morgan fingerprint density at radius 2 is 1.90 bits per heavy atom. The number of amides is 1. The zero-order chi connectivity index (χ0) is 21.8. The highest BCUT2D eigenvalue weighted by Crippen LogP contribution is 2.33. The molecular weight excluding hydrogens is 386 g/mol. The molecule has 1 amide bonds. The van der Waals surface area contributed by atoms with E-state index in [9.17, 15) is 10.0 Å². The van der Waals surface area contributed by atoms with Crippen molar-refractivity contribution in [1.29, 1.82) is 0 Å². The van der Waals surface area contributed by atoms with Crippen molar-refractivity contribution in [2.24, 2.45) is 5.16 Å². The standard InChI is InChI=1S/C26H27N3O2/c1-18-6-3-4-7-23(18)24(17-25(28-31)21-13-14-27-19(2)16-21)20-9-11-22(12-10-20)29-15-5-8-26(29)30/h3-4,6-7,9-14,16,24,31H,5,8,15,17H2,1-2H3/b28-25-. The fraction of sp³-hybridized carbons (Fsp3) is 0.269. The lowest BCUT2D eigenvalue weighted by Crippen LogP contribution is -2.23. The normalized spacial score (nSPS) is 15.4. The smallest absolute Gasteiger partial charge is 0.227 e. The Bertz CT molecular complexity index is 1110. The van der Waals surface area contributed by atoms with Gasteiger partial charge in [-0.15, -0.1) is 0 Å². The zero-order valence-electron chi connectivity index (χ0n) is 18.0. The number of nitrogens with zero attached hydrogens (tertiary/aromatic N) is 3. The maximum Gasteiger partial charge on any atom is 0.227 e. The molecule has 1 unspecified atom stereocenters. The molecule has 0 radical (unpaired) electrons. The van der Waals surface area contributed by atoms with Gasteiger partial charge in [-0.05, 0) is 61.2 Å². The van der Waals surface area contributed by atoms with Crippen LogP contribution in [0.4, 0.5) is 5.69 Å². The van der Waals surface area contributed by atoms with Crippen molar-refractivity contribution in [2.45, 2.75) is 39.0 Å². The highest BCUT2D eigenvalue weighted by Gasteiger charge is 2.23. The van der Waals surface area contributed by atoms with E-state index in [4.69, 9.17) is 0 Å². The summed E-state index contributed by atoms with van der Waals surface area (Å²) >= 11 is 0. The van der Waals surface area contributed by atoms with Crippen LogP contribution in [-0.2, 0) is 4.79 Å². The molecule has 5 heteroatoms. The Labute approximate surface area is 183 Å². The van der Waals surface area contributed by atoms with Gasteiger partial charge >= 0.3 is 0 Å². The van der Waals surface area contributed by atoms with Crippen LogP contribution < -0.4 is 4.90 Å². The lowest BCUT2D eigenvalue weighted by molar-refractivity contribution is -0.117. The van der Waals surface area contributed by atoms with Gasteiger partial charge in [0.15, 0.2) is 0 Å². The first-order valence-corrected chi connectivity index (χ1v) is 10.7. The molecule has 1 atom stereocenters. The number of oxime groups is 1. The summed E-state index contributed by atoms with van der Waals surface area (Å²) in [5, 5.41) is 13.5. The number of hydrogen-bond donors (Lipinski definition) is 1. The van der Waals surface area contributed by atoms with E-state index >= 15 is 0 Å². The summed E-state index contributed by atoms with van der Waals surface area (Å²) in [6, 6.07) is 20.3. The topological polar surface area (TPSA) is 65.8 Å². The van der Waals surface area contributed by atoms with E-state index < -0.39 is 0 Å². The van der Waals surface area contributed by atoms with E-state index in [1.54, 1.807) is 6.20 Å². The Kier molecular flexibility index (Phi) is 6.12. The molecule has 0 bridgehead atoms. The van der Waals surface area contributed by atoms with E-state index in [0.717, 1.165) is 35.5 Å². The molecule has 31 heavy (non-hydrogen) atoms. The molecule has 1 aromatic heterocycles. The highest BCUT2D eigenvalue weighted by molar-refractivity contribution is 6.01. The number of anilines is 1. The van der Waals surface area contributed by atoms with Crippen LogP contribution in [0.2, 0.25) is 0 Å². The lowest BCUT2D eigenvalue weighted by Gasteiger charge is -2.22. The Balaban J connectivity index is 1.70. The van der Waals surface area contributed by atoms with Crippen molar-refractivity contribution < 1.29 is 10.0 Å². The average Bonchev–Trinajstić information content (AvgIpc) is 3.21. The van der Waals surface area contributed by atoms with E-state index in [1.807, 2.05) is 48.2 Å². The third-order valence-corrected chi connectivity index (χ3v) is 5.99. The van der Waals surface area contributed by atoms with Crippen molar-refractivity contribution in [3.63, 3.8) is 0 Å². The van der Waals surface area contributed by atoms with E-state index in [0.29, 0.717) is 18.6 Å². The molecule has 0 saturated carbocycles. The molecule has 1 N–H and O–H groups in total. The molecule has 1 saturated heterocycles. The molecule has 0 spiro atoms. The van der Waals surface area contributed by atoms with Gasteiger partial charge in [-0.2, -0.15) is 0 Å². The molecule has 1 aliphatic rings. The second-order valence-corrected chi connectivity index (χ2v) is 8.09. The van der Waals surface area contributed by atoms with Crippen molar-refractivity contribution in [1.82, 2.24) is 4.98 Å². The molecule has 0 aliphatic carbocycles. The number of carbonyl (C=O) groups is 1. The van der Waals surface area contributed by atoms with Gasteiger partial charge in [0, 0.05) is 48.4 Å². The minimum atomic E-state index is 0.0175. The monoisotopic (exact) mass is 413 g/mol. The second kappa shape index (κ2) is 9.13. The third-order valence-electron chi connectivity index (χ3n) is 5.99. The van der Waals surface area contributed by atoms with Crippen LogP contribution in [0.15, 0.2) is 72.0 Å². The van der Waals surface area contributed by atoms with Gasteiger partial charge in [-0.3, -0.25) is 9.78 Å². The first kappa shape index (κ1) is 20.8. The molecule has 1 fully saturated rings. The number of aryl methyl sites for hydroxylation is 2. The number of aromatic nitrogens is 1. The van der Waals surface area contributed by atoms with Crippen molar-refractivity contribution in [3.8, 4) is 0 Å². The van der Waals surface area contributed by atoms with Crippen LogP contribution in [0.25, 0.3) is 0 Å². The van der Waals surface area contributed by atoms with Gasteiger partial charge in [0.1, 0.15) is 0 Å². The molecule has 3 aromatic rings. The summed E-state index contributed by atoms with van der Waals surface area (Å²) in [6.07, 6.45) is 3.82. The number of benzene rings is 2. The van der Waals surface area contributed by atoms with Crippen LogP contribution in [0.3, 0.4) is 0 Å². The van der Waals surface area contributed by atoms with Crippen molar-refractivity contribution >= 4 is 17.3 Å². The first-order valence-electron chi connectivity index (χ1n) is 10.7. The average molecular weight is 414 g/mol. The van der Waals surface area contributed by atoms with Crippen LogP contribution in [0.1, 0.15) is 53.1 Å². The van der Waals surface area contributed by atoms with Crippen LogP contribution in [-0.4, -0.2) is 28.4 Å². The van der Waals surface area contributed by atoms with Gasteiger partial charge in [-0.25, -0.2) is 0 Å². The van der Waals surface area contributed by atoms with E-state index in [2.05, 4.69) is 41.3 Å².